The van der Waals surface area contributed by atoms with E-state index in [1.165, 1.54) is 0 Å². The van der Waals surface area contributed by atoms with E-state index in [9.17, 15) is 4.79 Å². The number of carbonyl (C=O) groups excluding carboxylic acids is 1. The van der Waals surface area contributed by atoms with Crippen LogP contribution in [0.4, 0.5) is 5.69 Å². The van der Waals surface area contributed by atoms with E-state index in [0.717, 1.165) is 31.4 Å². The Morgan fingerprint density at radius 1 is 1.05 bits per heavy atom. The summed E-state index contributed by atoms with van der Waals surface area (Å²) in [6, 6.07) is 5.20. The maximum atomic E-state index is 12.4. The van der Waals surface area contributed by atoms with Gasteiger partial charge in [0.2, 0.25) is 5.91 Å². The molecule has 1 fully saturated rings. The molecule has 0 spiro atoms. The lowest BCUT2D eigenvalue weighted by atomic mass is 10.1. The van der Waals surface area contributed by atoms with Crippen molar-refractivity contribution in [2.24, 2.45) is 17.8 Å². The Bertz CT molecular complexity index is 539. The molecule has 1 saturated carbocycles. The molecule has 106 valence electrons. The van der Waals surface area contributed by atoms with Gasteiger partial charge in [0.05, 0.1) is 10.0 Å². The summed E-state index contributed by atoms with van der Waals surface area (Å²) in [6.45, 7) is 0. The summed E-state index contributed by atoms with van der Waals surface area (Å²) in [4.78, 5) is 12.4. The first kappa shape index (κ1) is 14.0. The zero-order chi connectivity index (χ0) is 14.1. The highest BCUT2D eigenvalue weighted by Gasteiger charge is 2.53. The maximum absolute atomic E-state index is 12.4. The quantitative estimate of drug-likeness (QED) is 0.771. The monoisotopic (exact) mass is 309 g/mol. The fourth-order valence-electron chi connectivity index (χ4n) is 3.23. The molecule has 0 saturated heterocycles. The number of carbonyl (C=O) groups is 1. The number of anilines is 1. The van der Waals surface area contributed by atoms with Gasteiger partial charge in [-0.05, 0) is 55.7 Å². The third-order valence-corrected chi connectivity index (χ3v) is 5.06. The molecule has 4 heteroatoms. The number of hydrogen-bond donors (Lipinski definition) is 1. The zero-order valence-corrected chi connectivity index (χ0v) is 12.6. The number of rotatable bonds is 2. The van der Waals surface area contributed by atoms with Crippen molar-refractivity contribution >= 4 is 34.8 Å². The number of halogens is 2. The Kier molecular flexibility index (Phi) is 4.04. The van der Waals surface area contributed by atoms with Gasteiger partial charge in [0.1, 0.15) is 0 Å². The Hall–Kier alpha value is -0.990. The Balaban J connectivity index is 1.64. The average molecular weight is 310 g/mol. The fraction of sp³-hybridized carbons (Fsp3) is 0.438. The molecule has 0 aromatic heterocycles. The molecule has 1 amide bonds. The van der Waals surface area contributed by atoms with Crippen LogP contribution in [0, 0.1) is 17.8 Å². The van der Waals surface area contributed by atoms with Crippen LogP contribution in [0.1, 0.15) is 25.7 Å². The topological polar surface area (TPSA) is 29.1 Å². The first-order valence-electron chi connectivity index (χ1n) is 7.08. The number of allylic oxidation sites excluding steroid dienone is 2. The summed E-state index contributed by atoms with van der Waals surface area (Å²) in [7, 11) is 0. The molecule has 1 aromatic carbocycles. The highest BCUT2D eigenvalue weighted by molar-refractivity contribution is 6.42. The normalized spacial score (nSPS) is 28.2. The van der Waals surface area contributed by atoms with Crippen molar-refractivity contribution in [3.05, 3.63) is 40.4 Å². The van der Waals surface area contributed by atoms with Gasteiger partial charge in [-0.25, -0.2) is 0 Å². The number of amides is 1. The molecule has 2 nitrogen and oxygen atoms in total. The molecular weight excluding hydrogens is 293 g/mol. The van der Waals surface area contributed by atoms with Crippen LogP contribution < -0.4 is 5.32 Å². The van der Waals surface area contributed by atoms with Crippen LogP contribution >= 0.6 is 23.2 Å². The lowest BCUT2D eigenvalue weighted by molar-refractivity contribution is -0.117. The molecule has 1 aromatic rings. The van der Waals surface area contributed by atoms with Gasteiger partial charge in [-0.3, -0.25) is 4.79 Å². The van der Waals surface area contributed by atoms with Crippen LogP contribution in [0.2, 0.25) is 10.0 Å². The van der Waals surface area contributed by atoms with E-state index < -0.39 is 0 Å². The van der Waals surface area contributed by atoms with Gasteiger partial charge in [-0.2, -0.15) is 0 Å². The molecule has 2 atom stereocenters. The third kappa shape index (κ3) is 2.87. The van der Waals surface area contributed by atoms with Gasteiger partial charge in [0.15, 0.2) is 0 Å². The number of nitrogens with one attached hydrogen (secondary N) is 1. The Morgan fingerprint density at radius 3 is 2.30 bits per heavy atom. The summed E-state index contributed by atoms with van der Waals surface area (Å²) < 4.78 is 0. The van der Waals surface area contributed by atoms with Crippen molar-refractivity contribution in [2.75, 3.05) is 5.32 Å². The zero-order valence-electron chi connectivity index (χ0n) is 11.1. The largest absolute Gasteiger partial charge is 0.326 e. The number of hydrogen-bond acceptors (Lipinski definition) is 1. The van der Waals surface area contributed by atoms with Gasteiger partial charge in [-0.1, -0.05) is 35.4 Å². The summed E-state index contributed by atoms with van der Waals surface area (Å²) in [6.07, 6.45) is 8.92. The summed E-state index contributed by atoms with van der Waals surface area (Å²) in [5.41, 5.74) is 0.724. The second kappa shape index (κ2) is 5.79. The van der Waals surface area contributed by atoms with Crippen LogP contribution in [-0.2, 0) is 4.79 Å². The van der Waals surface area contributed by atoms with E-state index >= 15 is 0 Å². The lowest BCUT2D eigenvalue weighted by Crippen LogP contribution is -2.15. The average Bonchev–Trinajstić information content (AvgIpc) is 3.05. The second-order valence-corrected chi connectivity index (χ2v) is 6.41. The molecule has 2 aliphatic rings. The first-order valence-corrected chi connectivity index (χ1v) is 7.83. The van der Waals surface area contributed by atoms with E-state index in [1.807, 2.05) is 0 Å². The summed E-state index contributed by atoms with van der Waals surface area (Å²) in [5, 5.41) is 3.94. The van der Waals surface area contributed by atoms with Crippen molar-refractivity contribution in [1.29, 1.82) is 0 Å². The van der Waals surface area contributed by atoms with E-state index in [2.05, 4.69) is 17.5 Å². The molecule has 0 radical (unpaired) electrons. The minimum absolute atomic E-state index is 0.125. The molecule has 20 heavy (non-hydrogen) atoms. The molecule has 0 heterocycles. The van der Waals surface area contributed by atoms with Gasteiger partial charge in [0.25, 0.3) is 0 Å². The molecule has 3 rings (SSSR count). The highest BCUT2D eigenvalue weighted by atomic mass is 35.5. The predicted octanol–water partition coefficient (Wildman–Crippen LogP) is 4.92. The van der Waals surface area contributed by atoms with Crippen LogP contribution in [0.25, 0.3) is 0 Å². The predicted molar refractivity (Wildman–Crippen MR) is 83.2 cm³/mol. The standard InChI is InChI=1S/C16H17Cl2NO/c17-13-8-7-10(9-14(13)18)19-16(20)15-11-5-3-1-2-4-6-12(11)15/h1-2,7-9,11-12,15H,3-6H2,(H,19,20). The van der Waals surface area contributed by atoms with E-state index in [1.54, 1.807) is 18.2 Å². The summed E-state index contributed by atoms with van der Waals surface area (Å²) in [5.74, 6) is 1.41. The van der Waals surface area contributed by atoms with Crippen molar-refractivity contribution in [2.45, 2.75) is 25.7 Å². The smallest absolute Gasteiger partial charge is 0.228 e. The van der Waals surface area contributed by atoms with Crippen molar-refractivity contribution in [3.63, 3.8) is 0 Å². The minimum atomic E-state index is 0.125. The number of fused-ring (bicyclic) bond motifs is 1. The molecular formula is C16H17Cl2NO. The van der Waals surface area contributed by atoms with Crippen LogP contribution in [-0.4, -0.2) is 5.91 Å². The first-order chi connectivity index (χ1) is 9.66. The maximum Gasteiger partial charge on any atom is 0.228 e. The van der Waals surface area contributed by atoms with E-state index in [4.69, 9.17) is 23.2 Å². The highest BCUT2D eigenvalue weighted by Crippen LogP contribution is 2.53. The van der Waals surface area contributed by atoms with Gasteiger partial charge in [0, 0.05) is 11.6 Å². The third-order valence-electron chi connectivity index (χ3n) is 4.32. The molecule has 0 bridgehead atoms. The van der Waals surface area contributed by atoms with Crippen molar-refractivity contribution in [3.8, 4) is 0 Å². The minimum Gasteiger partial charge on any atom is -0.326 e. The van der Waals surface area contributed by atoms with Crippen LogP contribution in [0.15, 0.2) is 30.4 Å². The van der Waals surface area contributed by atoms with E-state index in [-0.39, 0.29) is 11.8 Å². The van der Waals surface area contributed by atoms with Gasteiger partial charge in [-0.15, -0.1) is 0 Å². The molecule has 2 aliphatic carbocycles. The molecule has 1 N–H and O–H groups in total. The molecule has 0 aliphatic heterocycles. The lowest BCUT2D eigenvalue weighted by Gasteiger charge is -2.06. The molecule has 2 unspecified atom stereocenters. The second-order valence-electron chi connectivity index (χ2n) is 5.60. The van der Waals surface area contributed by atoms with E-state index in [0.29, 0.717) is 21.9 Å². The van der Waals surface area contributed by atoms with Crippen molar-refractivity contribution < 1.29 is 4.79 Å². The van der Waals surface area contributed by atoms with Crippen LogP contribution in [0.3, 0.4) is 0 Å². The SMILES string of the molecule is O=C(Nc1ccc(Cl)c(Cl)c1)C1C2CCC=CCCC21. The number of benzene rings is 1. The van der Waals surface area contributed by atoms with Gasteiger partial charge < -0.3 is 5.32 Å². The van der Waals surface area contributed by atoms with Crippen molar-refractivity contribution in [1.82, 2.24) is 0 Å². The Morgan fingerprint density at radius 2 is 1.70 bits per heavy atom. The summed E-state index contributed by atoms with van der Waals surface area (Å²) >= 11 is 11.8. The fourth-order valence-corrected chi connectivity index (χ4v) is 3.53. The van der Waals surface area contributed by atoms with Gasteiger partial charge >= 0.3 is 0 Å². The Labute approximate surface area is 129 Å². The van der Waals surface area contributed by atoms with Crippen LogP contribution in [0.5, 0.6) is 0 Å².